The zero-order chi connectivity index (χ0) is 16.9. The number of hydrogen-bond acceptors (Lipinski definition) is 4. The van der Waals surface area contributed by atoms with Crippen molar-refractivity contribution in [2.24, 2.45) is 5.92 Å². The Kier molecular flexibility index (Phi) is 5.34. The Morgan fingerprint density at radius 2 is 1.92 bits per heavy atom. The van der Waals surface area contributed by atoms with E-state index in [1.807, 2.05) is 12.3 Å². The second-order valence-electron chi connectivity index (χ2n) is 6.72. The van der Waals surface area contributed by atoms with Gasteiger partial charge in [-0.1, -0.05) is 39.0 Å². The van der Waals surface area contributed by atoms with E-state index in [0.717, 1.165) is 37.7 Å². The summed E-state index contributed by atoms with van der Waals surface area (Å²) in [5, 5.41) is 3.56. The molecule has 4 nitrogen and oxygen atoms in total. The Morgan fingerprint density at radius 1 is 1.17 bits per heavy atom. The third-order valence-electron chi connectivity index (χ3n) is 4.83. The third kappa shape index (κ3) is 3.69. The lowest BCUT2D eigenvalue weighted by molar-refractivity contribution is 0.442. The number of nitrogens with one attached hydrogen (secondary N) is 1. The second kappa shape index (κ2) is 7.65. The van der Waals surface area contributed by atoms with E-state index < -0.39 is 0 Å². The Morgan fingerprint density at radius 3 is 2.58 bits per heavy atom. The van der Waals surface area contributed by atoms with Gasteiger partial charge in [0, 0.05) is 25.0 Å². The molecule has 2 heterocycles. The fourth-order valence-corrected chi connectivity index (χ4v) is 3.47. The number of piperidine rings is 1. The molecule has 0 bridgehead atoms. The Hall–Kier alpha value is -2.10. The fraction of sp³-hybridized carbons (Fsp3) is 0.500. The van der Waals surface area contributed by atoms with Crippen LogP contribution >= 0.6 is 0 Å². The Balaban J connectivity index is 1.85. The van der Waals surface area contributed by atoms with Crippen molar-refractivity contribution in [1.82, 2.24) is 9.97 Å². The first-order chi connectivity index (χ1) is 11.7. The lowest BCUT2D eigenvalue weighted by Crippen LogP contribution is -2.35. The highest BCUT2D eigenvalue weighted by Gasteiger charge is 2.19. The predicted octanol–water partition coefficient (Wildman–Crippen LogP) is 4.58. The van der Waals surface area contributed by atoms with Gasteiger partial charge in [0.15, 0.2) is 0 Å². The number of aromatic nitrogens is 2. The number of hydrogen-bond donors (Lipinski definition) is 1. The SMILES string of the molecule is CCc1cccc(CC)c1Nc1ccnc(N2CCCC(C)C2)n1. The van der Waals surface area contributed by atoms with Crippen LogP contribution in [0.5, 0.6) is 0 Å². The van der Waals surface area contributed by atoms with Crippen LogP contribution in [0.1, 0.15) is 44.7 Å². The minimum absolute atomic E-state index is 0.714. The fourth-order valence-electron chi connectivity index (χ4n) is 3.47. The molecule has 1 aromatic carbocycles. The van der Waals surface area contributed by atoms with Gasteiger partial charge >= 0.3 is 0 Å². The standard InChI is InChI=1S/C20H28N4/c1-4-16-9-6-10-17(5-2)19(16)22-18-11-12-21-20(23-18)24-13-7-8-15(3)14-24/h6,9-12,15H,4-5,7-8,13-14H2,1-3H3,(H,21,22,23). The summed E-state index contributed by atoms with van der Waals surface area (Å²) >= 11 is 0. The van der Waals surface area contributed by atoms with Crippen molar-refractivity contribution in [3.8, 4) is 0 Å². The van der Waals surface area contributed by atoms with E-state index in [1.165, 1.54) is 29.7 Å². The normalized spacial score (nSPS) is 17.8. The quantitative estimate of drug-likeness (QED) is 0.874. The maximum Gasteiger partial charge on any atom is 0.227 e. The van der Waals surface area contributed by atoms with Gasteiger partial charge in [0.25, 0.3) is 0 Å². The number of anilines is 3. The summed E-state index contributed by atoms with van der Waals surface area (Å²) in [6.07, 6.45) is 6.42. The third-order valence-corrected chi connectivity index (χ3v) is 4.83. The van der Waals surface area contributed by atoms with Crippen LogP contribution in [0.2, 0.25) is 0 Å². The summed E-state index contributed by atoms with van der Waals surface area (Å²) in [6, 6.07) is 8.48. The molecule has 0 saturated carbocycles. The minimum atomic E-state index is 0.714. The molecule has 1 saturated heterocycles. The van der Waals surface area contributed by atoms with Gasteiger partial charge in [-0.2, -0.15) is 4.98 Å². The van der Waals surface area contributed by atoms with Crippen molar-refractivity contribution in [1.29, 1.82) is 0 Å². The average molecular weight is 324 g/mol. The molecule has 1 atom stereocenters. The molecule has 2 aromatic rings. The number of para-hydroxylation sites is 1. The maximum atomic E-state index is 4.78. The molecule has 1 N–H and O–H groups in total. The summed E-state index contributed by atoms with van der Waals surface area (Å²) in [4.78, 5) is 11.6. The van der Waals surface area contributed by atoms with Crippen LogP contribution in [0.15, 0.2) is 30.5 Å². The summed E-state index contributed by atoms with van der Waals surface area (Å²) in [5.74, 6) is 2.44. The number of rotatable bonds is 5. The first kappa shape index (κ1) is 16.7. The Labute approximate surface area is 145 Å². The van der Waals surface area contributed by atoms with Gasteiger partial charge in [0.1, 0.15) is 5.82 Å². The van der Waals surface area contributed by atoms with E-state index in [1.54, 1.807) is 0 Å². The highest BCUT2D eigenvalue weighted by molar-refractivity contribution is 5.65. The zero-order valence-electron chi connectivity index (χ0n) is 15.0. The van der Waals surface area contributed by atoms with Crippen molar-refractivity contribution in [3.05, 3.63) is 41.6 Å². The molecule has 1 fully saturated rings. The monoisotopic (exact) mass is 324 g/mol. The van der Waals surface area contributed by atoms with Crippen molar-refractivity contribution in [2.45, 2.75) is 46.5 Å². The summed E-state index contributed by atoms with van der Waals surface area (Å²) < 4.78 is 0. The molecule has 0 spiro atoms. The van der Waals surface area contributed by atoms with E-state index in [2.05, 4.69) is 54.2 Å². The number of nitrogens with zero attached hydrogens (tertiary/aromatic N) is 3. The molecule has 1 aliphatic rings. The molecular weight excluding hydrogens is 296 g/mol. The molecule has 4 heteroatoms. The predicted molar refractivity (Wildman–Crippen MR) is 101 cm³/mol. The molecule has 3 rings (SSSR count). The van der Waals surface area contributed by atoms with Gasteiger partial charge in [-0.25, -0.2) is 4.98 Å². The van der Waals surface area contributed by atoms with Crippen LogP contribution in [-0.2, 0) is 12.8 Å². The summed E-state index contributed by atoms with van der Waals surface area (Å²) in [6.45, 7) is 8.80. The van der Waals surface area contributed by atoms with Crippen LogP contribution in [0.3, 0.4) is 0 Å². The molecular formula is C20H28N4. The molecule has 24 heavy (non-hydrogen) atoms. The van der Waals surface area contributed by atoms with Crippen molar-refractivity contribution in [2.75, 3.05) is 23.3 Å². The van der Waals surface area contributed by atoms with Crippen molar-refractivity contribution >= 4 is 17.5 Å². The second-order valence-corrected chi connectivity index (χ2v) is 6.72. The minimum Gasteiger partial charge on any atom is -0.341 e. The van der Waals surface area contributed by atoms with Gasteiger partial charge in [0.05, 0.1) is 0 Å². The van der Waals surface area contributed by atoms with Gasteiger partial charge in [0.2, 0.25) is 5.95 Å². The number of aryl methyl sites for hydroxylation is 2. The molecule has 0 aliphatic carbocycles. The summed E-state index contributed by atoms with van der Waals surface area (Å²) in [5.41, 5.74) is 3.88. The molecule has 1 unspecified atom stereocenters. The molecule has 1 aromatic heterocycles. The van der Waals surface area contributed by atoms with Crippen LogP contribution in [0.25, 0.3) is 0 Å². The molecule has 0 radical (unpaired) electrons. The topological polar surface area (TPSA) is 41.1 Å². The lowest BCUT2D eigenvalue weighted by atomic mass is 10.0. The first-order valence-electron chi connectivity index (χ1n) is 9.17. The summed E-state index contributed by atoms with van der Waals surface area (Å²) in [7, 11) is 0. The van der Waals surface area contributed by atoms with Gasteiger partial charge < -0.3 is 10.2 Å². The first-order valence-corrected chi connectivity index (χ1v) is 9.17. The molecule has 1 aliphatic heterocycles. The van der Waals surface area contributed by atoms with Gasteiger partial charge in [-0.3, -0.25) is 0 Å². The van der Waals surface area contributed by atoms with Crippen LogP contribution in [0, 0.1) is 5.92 Å². The van der Waals surface area contributed by atoms with E-state index in [0.29, 0.717) is 5.92 Å². The van der Waals surface area contributed by atoms with E-state index in [-0.39, 0.29) is 0 Å². The van der Waals surface area contributed by atoms with E-state index in [4.69, 9.17) is 4.98 Å². The van der Waals surface area contributed by atoms with E-state index in [9.17, 15) is 0 Å². The van der Waals surface area contributed by atoms with Crippen LogP contribution in [0.4, 0.5) is 17.5 Å². The largest absolute Gasteiger partial charge is 0.341 e. The highest BCUT2D eigenvalue weighted by atomic mass is 15.3. The number of benzene rings is 1. The van der Waals surface area contributed by atoms with Gasteiger partial charge in [-0.05, 0) is 48.8 Å². The maximum absolute atomic E-state index is 4.78. The van der Waals surface area contributed by atoms with Crippen LogP contribution < -0.4 is 10.2 Å². The lowest BCUT2D eigenvalue weighted by Gasteiger charge is -2.31. The van der Waals surface area contributed by atoms with Crippen LogP contribution in [-0.4, -0.2) is 23.1 Å². The average Bonchev–Trinajstić information content (AvgIpc) is 2.62. The Bertz CT molecular complexity index is 661. The van der Waals surface area contributed by atoms with Crippen molar-refractivity contribution in [3.63, 3.8) is 0 Å². The van der Waals surface area contributed by atoms with E-state index >= 15 is 0 Å². The molecule has 128 valence electrons. The smallest absolute Gasteiger partial charge is 0.227 e. The van der Waals surface area contributed by atoms with Gasteiger partial charge in [-0.15, -0.1) is 0 Å². The van der Waals surface area contributed by atoms with Crippen molar-refractivity contribution < 1.29 is 0 Å². The highest BCUT2D eigenvalue weighted by Crippen LogP contribution is 2.27. The zero-order valence-corrected chi connectivity index (χ0v) is 15.0. The molecule has 0 amide bonds.